The highest BCUT2D eigenvalue weighted by atomic mass is 16.5. The van der Waals surface area contributed by atoms with E-state index in [4.69, 9.17) is 5.11 Å². The lowest BCUT2D eigenvalue weighted by Gasteiger charge is -2.34. The smallest absolute Gasteiger partial charge is 0.409 e. The van der Waals surface area contributed by atoms with E-state index in [2.05, 4.69) is 11.7 Å². The van der Waals surface area contributed by atoms with E-state index in [9.17, 15) is 9.59 Å². The molecule has 0 saturated carbocycles. The van der Waals surface area contributed by atoms with Gasteiger partial charge in [-0.15, -0.1) is 0 Å². The van der Waals surface area contributed by atoms with E-state index in [1.807, 2.05) is 0 Å². The Morgan fingerprint density at radius 2 is 1.73 bits per heavy atom. The Balaban J connectivity index is 2.42. The van der Waals surface area contributed by atoms with Crippen LogP contribution in [0.3, 0.4) is 0 Å². The summed E-state index contributed by atoms with van der Waals surface area (Å²) in [5, 5.41) is 8.99. The summed E-state index contributed by atoms with van der Waals surface area (Å²) in [6.07, 6.45) is -1.62. The third-order valence-electron chi connectivity index (χ3n) is 2.31. The molecule has 1 rings (SSSR count). The standard InChI is InChI=1S/C9H15N2O4/c1-7(12)8(13)10-3-5-11(6-4-10)9(14)15-2/h7,12H,1,3-6H2,2H3. The molecule has 1 fully saturated rings. The predicted octanol–water partition coefficient (Wildman–Crippen LogP) is -0.908. The van der Waals surface area contributed by atoms with E-state index in [0.717, 1.165) is 0 Å². The lowest BCUT2D eigenvalue weighted by atomic mass is 10.3. The Morgan fingerprint density at radius 1 is 1.27 bits per heavy atom. The summed E-state index contributed by atoms with van der Waals surface area (Å²) >= 11 is 0. The maximum atomic E-state index is 11.3. The first-order valence-electron chi connectivity index (χ1n) is 4.69. The van der Waals surface area contributed by atoms with Gasteiger partial charge in [-0.3, -0.25) is 4.79 Å². The topological polar surface area (TPSA) is 70.1 Å². The van der Waals surface area contributed by atoms with Crippen molar-refractivity contribution in [2.75, 3.05) is 33.3 Å². The van der Waals surface area contributed by atoms with Gasteiger partial charge in [0.05, 0.1) is 7.11 Å². The molecule has 1 radical (unpaired) electrons. The van der Waals surface area contributed by atoms with Crippen molar-refractivity contribution in [3.05, 3.63) is 6.92 Å². The molecule has 1 unspecified atom stereocenters. The van der Waals surface area contributed by atoms with Gasteiger partial charge < -0.3 is 19.6 Å². The van der Waals surface area contributed by atoms with Gasteiger partial charge in [-0.05, 0) is 6.92 Å². The minimum atomic E-state index is -1.23. The molecule has 0 aliphatic carbocycles. The molecule has 0 spiro atoms. The van der Waals surface area contributed by atoms with Crippen molar-refractivity contribution in [3.8, 4) is 0 Å². The van der Waals surface area contributed by atoms with Crippen LogP contribution < -0.4 is 0 Å². The molecule has 0 aromatic rings. The third kappa shape index (κ3) is 2.82. The second-order valence-corrected chi connectivity index (χ2v) is 3.30. The summed E-state index contributed by atoms with van der Waals surface area (Å²) in [6.45, 7) is 4.89. The van der Waals surface area contributed by atoms with Crippen molar-refractivity contribution in [3.63, 3.8) is 0 Å². The van der Waals surface area contributed by atoms with E-state index in [1.165, 1.54) is 16.9 Å². The van der Waals surface area contributed by atoms with Gasteiger partial charge in [0.25, 0.3) is 5.91 Å². The zero-order chi connectivity index (χ0) is 11.4. The van der Waals surface area contributed by atoms with Crippen molar-refractivity contribution in [2.24, 2.45) is 0 Å². The predicted molar refractivity (Wildman–Crippen MR) is 51.9 cm³/mol. The van der Waals surface area contributed by atoms with Crippen molar-refractivity contribution < 1.29 is 19.4 Å². The molecule has 1 aliphatic heterocycles. The summed E-state index contributed by atoms with van der Waals surface area (Å²) < 4.78 is 4.55. The Morgan fingerprint density at radius 3 is 2.13 bits per heavy atom. The van der Waals surface area contributed by atoms with E-state index >= 15 is 0 Å². The number of carbonyl (C=O) groups is 2. The minimum Gasteiger partial charge on any atom is -0.453 e. The van der Waals surface area contributed by atoms with E-state index in [1.54, 1.807) is 0 Å². The van der Waals surface area contributed by atoms with Gasteiger partial charge in [0.15, 0.2) is 0 Å². The van der Waals surface area contributed by atoms with Crippen LogP contribution in [0.15, 0.2) is 0 Å². The molecule has 1 aliphatic rings. The number of amides is 2. The fraction of sp³-hybridized carbons (Fsp3) is 0.667. The molecule has 1 heterocycles. The molecule has 1 saturated heterocycles. The fourth-order valence-electron chi connectivity index (χ4n) is 1.45. The highest BCUT2D eigenvalue weighted by molar-refractivity contribution is 5.81. The number of rotatable bonds is 1. The first-order chi connectivity index (χ1) is 7.06. The van der Waals surface area contributed by atoms with Crippen molar-refractivity contribution in [1.82, 2.24) is 9.80 Å². The minimum absolute atomic E-state index is 0.391. The normalized spacial score (nSPS) is 18.6. The van der Waals surface area contributed by atoms with Crippen LogP contribution in [0.5, 0.6) is 0 Å². The number of carbonyl (C=O) groups excluding carboxylic acids is 2. The summed E-state index contributed by atoms with van der Waals surface area (Å²) in [4.78, 5) is 25.4. The second-order valence-electron chi connectivity index (χ2n) is 3.30. The zero-order valence-electron chi connectivity index (χ0n) is 8.68. The molecule has 1 N–H and O–H groups in total. The van der Waals surface area contributed by atoms with Crippen LogP contribution >= 0.6 is 0 Å². The van der Waals surface area contributed by atoms with Gasteiger partial charge in [0.1, 0.15) is 6.10 Å². The molecule has 2 amide bonds. The lowest BCUT2D eigenvalue weighted by molar-refractivity contribution is -0.139. The molecule has 6 heteroatoms. The average Bonchev–Trinajstić information content (AvgIpc) is 2.27. The SMILES string of the molecule is [CH2]C(O)C(=O)N1CCN(C(=O)OC)CC1. The first-order valence-corrected chi connectivity index (χ1v) is 4.69. The zero-order valence-corrected chi connectivity index (χ0v) is 8.68. The van der Waals surface area contributed by atoms with Crippen LogP contribution in [-0.2, 0) is 9.53 Å². The van der Waals surface area contributed by atoms with Crippen LogP contribution in [0.4, 0.5) is 4.79 Å². The third-order valence-corrected chi connectivity index (χ3v) is 2.31. The molecule has 6 nitrogen and oxygen atoms in total. The number of piperazine rings is 1. The highest BCUT2D eigenvalue weighted by Gasteiger charge is 2.26. The van der Waals surface area contributed by atoms with Gasteiger partial charge in [-0.1, -0.05) is 0 Å². The van der Waals surface area contributed by atoms with Crippen LogP contribution in [0.2, 0.25) is 0 Å². The molecular weight excluding hydrogens is 200 g/mol. The van der Waals surface area contributed by atoms with Crippen LogP contribution in [0.25, 0.3) is 0 Å². The van der Waals surface area contributed by atoms with E-state index < -0.39 is 18.1 Å². The Labute approximate surface area is 88.4 Å². The first kappa shape index (κ1) is 11.8. The number of hydrogen-bond acceptors (Lipinski definition) is 4. The summed E-state index contributed by atoms with van der Waals surface area (Å²) in [7, 11) is 1.32. The van der Waals surface area contributed by atoms with Crippen molar-refractivity contribution in [1.29, 1.82) is 0 Å². The van der Waals surface area contributed by atoms with Crippen LogP contribution in [0.1, 0.15) is 0 Å². The number of aliphatic hydroxyl groups excluding tert-OH is 1. The maximum Gasteiger partial charge on any atom is 0.409 e. The number of nitrogens with zero attached hydrogens (tertiary/aromatic N) is 2. The van der Waals surface area contributed by atoms with Gasteiger partial charge in [0.2, 0.25) is 0 Å². The Bertz CT molecular complexity index is 246. The highest BCUT2D eigenvalue weighted by Crippen LogP contribution is 2.04. The number of ether oxygens (including phenoxy) is 1. The molecule has 15 heavy (non-hydrogen) atoms. The number of hydrogen-bond donors (Lipinski definition) is 1. The number of methoxy groups -OCH3 is 1. The van der Waals surface area contributed by atoms with E-state index in [0.29, 0.717) is 26.2 Å². The average molecular weight is 215 g/mol. The van der Waals surface area contributed by atoms with Gasteiger partial charge >= 0.3 is 6.09 Å². The maximum absolute atomic E-state index is 11.3. The molecular formula is C9H15N2O4. The Kier molecular flexibility index (Phi) is 3.90. The quantitative estimate of drug-likeness (QED) is 0.615. The molecule has 0 aromatic heterocycles. The second kappa shape index (κ2) is 4.97. The molecule has 0 bridgehead atoms. The van der Waals surface area contributed by atoms with Gasteiger partial charge in [-0.25, -0.2) is 4.79 Å². The van der Waals surface area contributed by atoms with Gasteiger partial charge in [-0.2, -0.15) is 0 Å². The summed E-state index contributed by atoms with van der Waals surface area (Å²) in [6, 6.07) is 0. The molecule has 85 valence electrons. The van der Waals surface area contributed by atoms with E-state index in [-0.39, 0.29) is 0 Å². The molecule has 0 aromatic carbocycles. The summed E-state index contributed by atoms with van der Waals surface area (Å²) in [5.74, 6) is -0.403. The van der Waals surface area contributed by atoms with Crippen LogP contribution in [0, 0.1) is 6.92 Å². The molecule has 1 atom stereocenters. The van der Waals surface area contributed by atoms with Gasteiger partial charge in [0, 0.05) is 26.2 Å². The largest absolute Gasteiger partial charge is 0.453 e. The van der Waals surface area contributed by atoms with Crippen molar-refractivity contribution >= 4 is 12.0 Å². The Hall–Kier alpha value is -1.30. The lowest BCUT2D eigenvalue weighted by Crippen LogP contribution is -2.52. The fourth-order valence-corrected chi connectivity index (χ4v) is 1.45. The monoisotopic (exact) mass is 215 g/mol. The van der Waals surface area contributed by atoms with Crippen molar-refractivity contribution in [2.45, 2.75) is 6.10 Å². The van der Waals surface area contributed by atoms with Crippen LogP contribution in [-0.4, -0.2) is 66.3 Å². The summed E-state index contributed by atoms with van der Waals surface area (Å²) in [5.41, 5.74) is 0. The number of aliphatic hydroxyl groups is 1.